The summed E-state index contributed by atoms with van der Waals surface area (Å²) in [6, 6.07) is 5.96. The Morgan fingerprint density at radius 1 is 1.29 bits per heavy atom. The molecule has 2 amide bonds. The van der Waals surface area contributed by atoms with Gasteiger partial charge in [0.05, 0.1) is 5.92 Å². The van der Waals surface area contributed by atoms with Crippen molar-refractivity contribution in [2.45, 2.75) is 31.8 Å². The van der Waals surface area contributed by atoms with Crippen molar-refractivity contribution < 1.29 is 9.59 Å². The summed E-state index contributed by atoms with van der Waals surface area (Å²) in [5, 5.41) is 7.13. The quantitative estimate of drug-likeness (QED) is 0.885. The Labute approximate surface area is 139 Å². The van der Waals surface area contributed by atoms with Gasteiger partial charge in [-0.25, -0.2) is 9.67 Å². The van der Waals surface area contributed by atoms with Crippen LogP contribution in [0, 0.1) is 5.92 Å². The number of likely N-dealkylation sites (tertiary alicyclic amines) is 1. The van der Waals surface area contributed by atoms with E-state index in [1.165, 1.54) is 0 Å². The second-order valence-corrected chi connectivity index (χ2v) is 6.33. The zero-order valence-corrected chi connectivity index (χ0v) is 13.3. The van der Waals surface area contributed by atoms with Crippen LogP contribution in [0.2, 0.25) is 0 Å². The van der Waals surface area contributed by atoms with Crippen LogP contribution in [0.1, 0.15) is 24.8 Å². The molecule has 0 radical (unpaired) electrons. The molecule has 3 heterocycles. The van der Waals surface area contributed by atoms with Crippen LogP contribution < -0.4 is 5.32 Å². The third kappa shape index (κ3) is 2.89. The molecule has 2 fully saturated rings. The van der Waals surface area contributed by atoms with Crippen LogP contribution in [-0.4, -0.2) is 44.1 Å². The lowest BCUT2D eigenvalue weighted by atomic mass is 10.1. The van der Waals surface area contributed by atoms with E-state index in [9.17, 15) is 9.59 Å². The average Bonchev–Trinajstić information content (AvgIpc) is 3.14. The third-order valence-electron chi connectivity index (χ3n) is 4.56. The van der Waals surface area contributed by atoms with Gasteiger partial charge in [0.25, 0.3) is 0 Å². The number of nitrogens with zero attached hydrogens (tertiary/aromatic N) is 4. The van der Waals surface area contributed by atoms with Crippen molar-refractivity contribution in [1.29, 1.82) is 0 Å². The predicted octanol–water partition coefficient (Wildman–Crippen LogP) is 0.894. The highest BCUT2D eigenvalue weighted by Gasteiger charge is 2.41. The van der Waals surface area contributed by atoms with Gasteiger partial charge in [-0.1, -0.05) is 6.07 Å². The zero-order valence-electron chi connectivity index (χ0n) is 13.3. The number of carbonyl (C=O) groups is 2. The van der Waals surface area contributed by atoms with E-state index >= 15 is 0 Å². The molecule has 1 N–H and O–H groups in total. The molecular formula is C17H19N5O2. The minimum atomic E-state index is -0.247. The molecule has 1 saturated carbocycles. The first-order valence-electron chi connectivity index (χ1n) is 8.23. The first kappa shape index (κ1) is 14.9. The van der Waals surface area contributed by atoms with Crippen LogP contribution in [0.3, 0.4) is 0 Å². The normalized spacial score (nSPS) is 20.4. The Morgan fingerprint density at radius 2 is 2.17 bits per heavy atom. The summed E-state index contributed by atoms with van der Waals surface area (Å²) in [4.78, 5) is 30.6. The Morgan fingerprint density at radius 3 is 2.92 bits per heavy atom. The fraction of sp³-hybridized carbons (Fsp3) is 0.412. The molecule has 124 valence electrons. The van der Waals surface area contributed by atoms with Crippen LogP contribution >= 0.6 is 0 Å². The second kappa shape index (κ2) is 6.07. The maximum atomic E-state index is 12.4. The van der Waals surface area contributed by atoms with Crippen molar-refractivity contribution in [2.75, 3.05) is 6.54 Å². The second-order valence-electron chi connectivity index (χ2n) is 6.33. The molecule has 0 spiro atoms. The van der Waals surface area contributed by atoms with Gasteiger partial charge in [-0.3, -0.25) is 9.59 Å². The van der Waals surface area contributed by atoms with E-state index in [-0.39, 0.29) is 17.7 Å². The monoisotopic (exact) mass is 325 g/mol. The van der Waals surface area contributed by atoms with Gasteiger partial charge < -0.3 is 10.2 Å². The minimum absolute atomic E-state index is 0.0678. The number of aromatic nitrogens is 3. The van der Waals surface area contributed by atoms with Crippen molar-refractivity contribution in [3.05, 3.63) is 42.4 Å². The van der Waals surface area contributed by atoms with Gasteiger partial charge in [0.2, 0.25) is 11.8 Å². The maximum absolute atomic E-state index is 12.4. The van der Waals surface area contributed by atoms with Crippen molar-refractivity contribution in [3.8, 4) is 5.82 Å². The van der Waals surface area contributed by atoms with Crippen LogP contribution in [0.15, 0.2) is 36.8 Å². The van der Waals surface area contributed by atoms with Gasteiger partial charge in [-0.15, -0.1) is 0 Å². The lowest BCUT2D eigenvalue weighted by molar-refractivity contribution is -0.129. The Hall–Kier alpha value is -2.70. The van der Waals surface area contributed by atoms with Crippen LogP contribution in [-0.2, 0) is 16.1 Å². The topological polar surface area (TPSA) is 80.1 Å². The molecule has 1 aliphatic heterocycles. The molecule has 2 aromatic rings. The SMILES string of the molecule is O=C(NCc1cccnc1-n1cccn1)[C@@H]1CC(=O)N(C2CC2)C1. The number of hydrogen-bond acceptors (Lipinski definition) is 4. The standard InChI is InChI=1S/C17H19N5O2/c23-15-9-13(11-21(15)14-4-5-14)17(24)19-10-12-3-1-6-18-16(12)22-8-2-7-20-22/h1-3,6-8,13-14H,4-5,9-11H2,(H,19,24)/t13-/m1/s1. The molecule has 24 heavy (non-hydrogen) atoms. The number of amides is 2. The number of rotatable bonds is 5. The largest absolute Gasteiger partial charge is 0.352 e. The van der Waals surface area contributed by atoms with E-state index in [2.05, 4.69) is 15.4 Å². The van der Waals surface area contributed by atoms with Crippen LogP contribution in [0.5, 0.6) is 0 Å². The van der Waals surface area contributed by atoms with Gasteiger partial charge in [-0.05, 0) is 25.0 Å². The van der Waals surface area contributed by atoms with Gasteiger partial charge in [0, 0.05) is 49.7 Å². The zero-order chi connectivity index (χ0) is 16.5. The summed E-state index contributed by atoms with van der Waals surface area (Å²) < 4.78 is 1.68. The van der Waals surface area contributed by atoms with Crippen molar-refractivity contribution in [3.63, 3.8) is 0 Å². The van der Waals surface area contributed by atoms with Crippen molar-refractivity contribution in [1.82, 2.24) is 25.0 Å². The molecule has 0 unspecified atom stereocenters. The third-order valence-corrected chi connectivity index (χ3v) is 4.56. The van der Waals surface area contributed by atoms with Crippen molar-refractivity contribution >= 4 is 11.8 Å². The summed E-state index contributed by atoms with van der Waals surface area (Å²) in [6.45, 7) is 0.921. The molecule has 1 atom stereocenters. The van der Waals surface area contributed by atoms with E-state index in [0.29, 0.717) is 31.4 Å². The number of carbonyl (C=O) groups excluding carboxylic acids is 2. The summed E-state index contributed by atoms with van der Waals surface area (Å²) >= 11 is 0. The molecular weight excluding hydrogens is 306 g/mol. The Bertz CT molecular complexity index is 754. The molecule has 2 aromatic heterocycles. The summed E-state index contributed by atoms with van der Waals surface area (Å²) in [6.07, 6.45) is 7.67. The summed E-state index contributed by atoms with van der Waals surface area (Å²) in [5.74, 6) is 0.492. The maximum Gasteiger partial charge on any atom is 0.225 e. The lowest BCUT2D eigenvalue weighted by Crippen LogP contribution is -2.33. The smallest absolute Gasteiger partial charge is 0.225 e. The molecule has 7 heteroatoms. The first-order chi connectivity index (χ1) is 11.7. The predicted molar refractivity (Wildman–Crippen MR) is 86.0 cm³/mol. The van der Waals surface area contributed by atoms with Crippen LogP contribution in [0.25, 0.3) is 5.82 Å². The fourth-order valence-corrected chi connectivity index (χ4v) is 3.14. The van der Waals surface area contributed by atoms with Gasteiger partial charge in [-0.2, -0.15) is 5.10 Å². The van der Waals surface area contributed by atoms with Crippen molar-refractivity contribution in [2.24, 2.45) is 5.92 Å². The highest BCUT2D eigenvalue weighted by Crippen LogP contribution is 2.32. The lowest BCUT2D eigenvalue weighted by Gasteiger charge is -2.15. The van der Waals surface area contributed by atoms with E-state index in [1.54, 1.807) is 17.1 Å². The molecule has 0 bridgehead atoms. The van der Waals surface area contributed by atoms with Gasteiger partial charge >= 0.3 is 0 Å². The number of pyridine rings is 1. The molecule has 1 saturated heterocycles. The Kier molecular flexibility index (Phi) is 3.76. The summed E-state index contributed by atoms with van der Waals surface area (Å²) in [5.41, 5.74) is 0.887. The molecule has 0 aromatic carbocycles. The molecule has 2 aliphatic rings. The highest BCUT2D eigenvalue weighted by molar-refractivity contribution is 5.89. The Balaban J connectivity index is 1.40. The number of nitrogens with one attached hydrogen (secondary N) is 1. The fourth-order valence-electron chi connectivity index (χ4n) is 3.14. The van der Waals surface area contributed by atoms with E-state index < -0.39 is 0 Å². The molecule has 4 rings (SSSR count). The van der Waals surface area contributed by atoms with E-state index in [1.807, 2.05) is 29.3 Å². The highest BCUT2D eigenvalue weighted by atomic mass is 16.2. The first-order valence-corrected chi connectivity index (χ1v) is 8.23. The summed E-state index contributed by atoms with van der Waals surface area (Å²) in [7, 11) is 0. The van der Waals surface area contributed by atoms with Gasteiger partial charge in [0.15, 0.2) is 5.82 Å². The molecule has 1 aliphatic carbocycles. The molecule has 7 nitrogen and oxygen atoms in total. The van der Waals surface area contributed by atoms with E-state index in [4.69, 9.17) is 0 Å². The number of hydrogen-bond donors (Lipinski definition) is 1. The average molecular weight is 325 g/mol. The van der Waals surface area contributed by atoms with Gasteiger partial charge in [0.1, 0.15) is 0 Å². The minimum Gasteiger partial charge on any atom is -0.352 e. The van der Waals surface area contributed by atoms with E-state index in [0.717, 1.165) is 18.4 Å². The van der Waals surface area contributed by atoms with Crippen LogP contribution in [0.4, 0.5) is 0 Å².